The van der Waals surface area contributed by atoms with Gasteiger partial charge in [-0.25, -0.2) is 0 Å². The lowest BCUT2D eigenvalue weighted by molar-refractivity contribution is -0.314. The van der Waals surface area contributed by atoms with Gasteiger partial charge >= 0.3 is 0 Å². The summed E-state index contributed by atoms with van der Waals surface area (Å²) in [6.07, 6.45) is 2.21. The van der Waals surface area contributed by atoms with Crippen molar-refractivity contribution in [3.8, 4) is 0 Å². The van der Waals surface area contributed by atoms with Gasteiger partial charge in [0.05, 0.1) is 0 Å². The third-order valence-electron chi connectivity index (χ3n) is 0.576. The van der Waals surface area contributed by atoms with Crippen LogP contribution >= 0.6 is 0 Å². The van der Waals surface area contributed by atoms with Crippen LogP contribution in [0, 0.1) is 0 Å². The minimum atomic E-state index is -0.542. The summed E-state index contributed by atoms with van der Waals surface area (Å²) in [5.74, 6) is 0. The Bertz CT molecular complexity index is 60.5. The molecule has 0 aromatic heterocycles. The van der Waals surface area contributed by atoms with Gasteiger partial charge in [-0.05, 0) is 5.26 Å². The topological polar surface area (TPSA) is 29.1 Å². The molecule has 2 nitrogen and oxygen atoms in total. The third kappa shape index (κ3) is 2.14. The fourth-order valence-corrected chi connectivity index (χ4v) is 0.175. The molecule has 0 aromatic carbocycles. The molecule has 0 atom stereocenters. The summed E-state index contributed by atoms with van der Waals surface area (Å²) in [6, 6.07) is 0. The lowest BCUT2D eigenvalue weighted by Gasteiger charge is -1.93. The van der Waals surface area contributed by atoms with Gasteiger partial charge in [0.15, 0.2) is 0 Å². The van der Waals surface area contributed by atoms with Crippen LogP contribution in [0.1, 0.15) is 0 Å². The highest BCUT2D eigenvalue weighted by molar-refractivity contribution is 4.92. The predicted molar refractivity (Wildman–Crippen MR) is 26.0 cm³/mol. The van der Waals surface area contributed by atoms with Crippen LogP contribution in [0.3, 0.4) is 0 Å². The molecular formula is C5H7O2. The first-order valence-corrected chi connectivity index (χ1v) is 1.89. The van der Waals surface area contributed by atoms with E-state index in [1.54, 1.807) is 0 Å². The molecule has 0 heterocycles. The van der Waals surface area contributed by atoms with Crippen molar-refractivity contribution < 1.29 is 10.1 Å². The Morgan fingerprint density at radius 3 is 1.86 bits per heavy atom. The third-order valence-corrected chi connectivity index (χ3v) is 0.576. The zero-order chi connectivity index (χ0) is 5.70. The molecule has 2 heteroatoms. The van der Waals surface area contributed by atoms with Gasteiger partial charge in [-0.15, -0.1) is 13.2 Å². The Kier molecular flexibility index (Phi) is 3.28. The molecule has 0 N–H and O–H groups in total. The molecule has 0 spiro atoms. The zero-order valence-electron chi connectivity index (χ0n) is 3.96. The van der Waals surface area contributed by atoms with E-state index in [9.17, 15) is 5.26 Å². The van der Waals surface area contributed by atoms with Crippen LogP contribution in [0.5, 0.6) is 0 Å². The summed E-state index contributed by atoms with van der Waals surface area (Å²) < 4.78 is 0. The van der Waals surface area contributed by atoms with Crippen molar-refractivity contribution in [2.24, 2.45) is 0 Å². The van der Waals surface area contributed by atoms with Crippen molar-refractivity contribution in [3.63, 3.8) is 0 Å². The van der Waals surface area contributed by atoms with Crippen LogP contribution in [-0.4, -0.2) is 6.10 Å². The summed E-state index contributed by atoms with van der Waals surface area (Å²) in [5, 5.41) is 9.45. The minimum absolute atomic E-state index is 0.542. The Morgan fingerprint density at radius 1 is 1.43 bits per heavy atom. The van der Waals surface area contributed by atoms with Crippen molar-refractivity contribution in [2.45, 2.75) is 6.10 Å². The van der Waals surface area contributed by atoms with Gasteiger partial charge in [-0.2, -0.15) is 4.89 Å². The van der Waals surface area contributed by atoms with Gasteiger partial charge in [0, 0.05) is 0 Å². The number of rotatable bonds is 3. The first-order valence-electron chi connectivity index (χ1n) is 1.89. The molecule has 39 valence electrons. The normalized spacial score (nSPS) is 8.86. The first-order chi connectivity index (χ1) is 3.35. The van der Waals surface area contributed by atoms with Crippen LogP contribution in [0.4, 0.5) is 0 Å². The zero-order valence-corrected chi connectivity index (χ0v) is 3.96. The van der Waals surface area contributed by atoms with E-state index in [2.05, 4.69) is 18.0 Å². The second kappa shape index (κ2) is 3.59. The van der Waals surface area contributed by atoms with Gasteiger partial charge in [0.2, 0.25) is 0 Å². The molecule has 1 radical (unpaired) electrons. The fraction of sp³-hybridized carbons (Fsp3) is 0.200. The van der Waals surface area contributed by atoms with Crippen LogP contribution in [0.15, 0.2) is 25.3 Å². The summed E-state index contributed by atoms with van der Waals surface area (Å²) in [6.45, 7) is 6.61. The van der Waals surface area contributed by atoms with Gasteiger partial charge in [-0.1, -0.05) is 12.2 Å². The predicted octanol–water partition coefficient (Wildman–Crippen LogP) is 1.09. The maximum absolute atomic E-state index is 9.45. The monoisotopic (exact) mass is 99.0 g/mol. The van der Waals surface area contributed by atoms with Crippen LogP contribution in [-0.2, 0) is 10.1 Å². The number of hydrogen-bond donors (Lipinski definition) is 0. The smallest absolute Gasteiger partial charge is 0.132 e. The molecule has 0 saturated heterocycles. The first kappa shape index (κ1) is 6.40. The minimum Gasteiger partial charge on any atom is -0.192 e. The van der Waals surface area contributed by atoms with E-state index >= 15 is 0 Å². The molecule has 0 amide bonds. The van der Waals surface area contributed by atoms with Gasteiger partial charge in [0.25, 0.3) is 0 Å². The molecule has 0 rings (SSSR count). The largest absolute Gasteiger partial charge is 0.192 e. The molecule has 0 unspecified atom stereocenters. The SMILES string of the molecule is C=CC(C=C)O[O]. The van der Waals surface area contributed by atoms with Gasteiger partial charge < -0.3 is 0 Å². The lowest BCUT2D eigenvalue weighted by Crippen LogP contribution is -1.98. The van der Waals surface area contributed by atoms with Crippen molar-refractivity contribution in [1.82, 2.24) is 0 Å². The molecule has 0 saturated carbocycles. The van der Waals surface area contributed by atoms with Crippen molar-refractivity contribution in [3.05, 3.63) is 25.3 Å². The molecule has 0 aliphatic rings. The summed E-state index contributed by atoms with van der Waals surface area (Å²) >= 11 is 0. The average molecular weight is 99.1 g/mol. The van der Waals surface area contributed by atoms with Crippen LogP contribution in [0.25, 0.3) is 0 Å². The highest BCUT2D eigenvalue weighted by Crippen LogP contribution is 1.88. The number of hydrogen-bond acceptors (Lipinski definition) is 1. The van der Waals surface area contributed by atoms with E-state index in [1.165, 1.54) is 12.2 Å². The average Bonchev–Trinajstić information content (AvgIpc) is 1.72. The Hall–Kier alpha value is -0.600. The fourth-order valence-electron chi connectivity index (χ4n) is 0.175. The molecule has 0 aromatic rings. The van der Waals surface area contributed by atoms with Crippen LogP contribution < -0.4 is 0 Å². The highest BCUT2D eigenvalue weighted by Gasteiger charge is 1.92. The molecular weight excluding hydrogens is 92.1 g/mol. The van der Waals surface area contributed by atoms with Crippen molar-refractivity contribution in [1.29, 1.82) is 0 Å². The molecule has 0 aliphatic heterocycles. The maximum Gasteiger partial charge on any atom is 0.132 e. The lowest BCUT2D eigenvalue weighted by atomic mass is 10.4. The quantitative estimate of drug-likeness (QED) is 0.296. The Labute approximate surface area is 42.7 Å². The maximum atomic E-state index is 9.45. The standard InChI is InChI=1S/C5H7O2/c1-3-5(4-2)7-6/h3-5H,1-2H2. The summed E-state index contributed by atoms with van der Waals surface area (Å²) in [5.41, 5.74) is 0. The summed E-state index contributed by atoms with van der Waals surface area (Å²) in [4.78, 5) is 3.56. The second-order valence-electron chi connectivity index (χ2n) is 1.03. The van der Waals surface area contributed by atoms with E-state index in [4.69, 9.17) is 0 Å². The highest BCUT2D eigenvalue weighted by atomic mass is 17.1. The van der Waals surface area contributed by atoms with Crippen LogP contribution in [0.2, 0.25) is 0 Å². The summed E-state index contributed by atoms with van der Waals surface area (Å²) in [7, 11) is 0. The van der Waals surface area contributed by atoms with E-state index < -0.39 is 6.10 Å². The Morgan fingerprint density at radius 2 is 1.86 bits per heavy atom. The molecule has 0 bridgehead atoms. The van der Waals surface area contributed by atoms with E-state index in [0.29, 0.717) is 0 Å². The van der Waals surface area contributed by atoms with E-state index in [1.807, 2.05) is 0 Å². The van der Waals surface area contributed by atoms with E-state index in [0.717, 1.165) is 0 Å². The molecule has 0 fully saturated rings. The Balaban J connectivity index is 3.36. The molecule has 0 aliphatic carbocycles. The molecule has 7 heavy (non-hydrogen) atoms. The van der Waals surface area contributed by atoms with Crippen molar-refractivity contribution in [2.75, 3.05) is 0 Å². The van der Waals surface area contributed by atoms with Crippen molar-refractivity contribution >= 4 is 0 Å². The van der Waals surface area contributed by atoms with Gasteiger partial charge in [-0.3, -0.25) is 0 Å². The van der Waals surface area contributed by atoms with Gasteiger partial charge in [0.1, 0.15) is 6.10 Å². The second-order valence-corrected chi connectivity index (χ2v) is 1.03. The van der Waals surface area contributed by atoms with E-state index in [-0.39, 0.29) is 0 Å².